The minimum Gasteiger partial charge on any atom is -0.330 e. The summed E-state index contributed by atoms with van der Waals surface area (Å²) in [6, 6.07) is 8.17. The second-order valence-corrected chi connectivity index (χ2v) is 7.52. The number of nitrogens with zero attached hydrogens (tertiary/aromatic N) is 2. The number of rotatable bonds is 4. The van der Waals surface area contributed by atoms with Gasteiger partial charge >= 0.3 is 0 Å². The zero-order valence-electron chi connectivity index (χ0n) is 13.7. The minimum absolute atomic E-state index is 0.118. The van der Waals surface area contributed by atoms with Gasteiger partial charge in [0, 0.05) is 11.4 Å². The number of aromatic nitrogens is 2. The van der Waals surface area contributed by atoms with Crippen molar-refractivity contribution in [1.29, 1.82) is 0 Å². The van der Waals surface area contributed by atoms with Crippen molar-refractivity contribution in [1.82, 2.24) is 14.9 Å². The van der Waals surface area contributed by atoms with E-state index in [1.807, 2.05) is 6.07 Å². The van der Waals surface area contributed by atoms with Crippen LogP contribution in [-0.2, 0) is 6.54 Å². The van der Waals surface area contributed by atoms with E-state index in [-0.39, 0.29) is 11.4 Å². The number of nitrogens with one attached hydrogen (secondary N) is 1. The van der Waals surface area contributed by atoms with Crippen molar-refractivity contribution in [3.8, 4) is 10.4 Å². The molecule has 3 heterocycles. The molecule has 130 valence electrons. The van der Waals surface area contributed by atoms with Crippen LogP contribution in [0.1, 0.15) is 12.2 Å². The first kappa shape index (κ1) is 16.4. The van der Waals surface area contributed by atoms with Crippen molar-refractivity contribution in [2.24, 2.45) is 11.7 Å². The summed E-state index contributed by atoms with van der Waals surface area (Å²) >= 11 is 1.38. The molecular weight excluding hydrogens is 339 g/mol. The van der Waals surface area contributed by atoms with Gasteiger partial charge in [-0.3, -0.25) is 9.69 Å². The monoisotopic (exact) mass is 358 g/mol. The van der Waals surface area contributed by atoms with Crippen LogP contribution in [0.2, 0.25) is 0 Å². The van der Waals surface area contributed by atoms with Crippen LogP contribution in [-0.4, -0.2) is 34.5 Å². The lowest BCUT2D eigenvalue weighted by Gasteiger charge is -2.14. The molecule has 1 aliphatic rings. The van der Waals surface area contributed by atoms with E-state index in [4.69, 9.17) is 5.73 Å². The Bertz CT molecular complexity index is 950. The van der Waals surface area contributed by atoms with E-state index in [2.05, 4.69) is 14.9 Å². The van der Waals surface area contributed by atoms with Gasteiger partial charge in [0.15, 0.2) is 0 Å². The Hall–Kier alpha value is -2.09. The molecule has 2 aromatic heterocycles. The predicted molar refractivity (Wildman–Crippen MR) is 98.1 cm³/mol. The van der Waals surface area contributed by atoms with Crippen LogP contribution in [0.4, 0.5) is 4.39 Å². The van der Waals surface area contributed by atoms with Crippen LogP contribution in [0, 0.1) is 11.7 Å². The fourth-order valence-electron chi connectivity index (χ4n) is 3.28. The highest BCUT2D eigenvalue weighted by atomic mass is 32.1. The molecule has 5 nitrogen and oxygen atoms in total. The second kappa shape index (κ2) is 6.67. The van der Waals surface area contributed by atoms with Crippen LogP contribution >= 0.6 is 11.3 Å². The van der Waals surface area contributed by atoms with Gasteiger partial charge in [-0.1, -0.05) is 12.1 Å². The smallest absolute Gasteiger partial charge is 0.268 e. The SMILES string of the molecule is NCC1CCN(Cc2nc3cc(-c4ccc(F)cc4)sc3c(=O)[nH]2)C1. The van der Waals surface area contributed by atoms with Gasteiger partial charge in [0.1, 0.15) is 16.3 Å². The Morgan fingerprint density at radius 3 is 2.88 bits per heavy atom. The quantitative estimate of drug-likeness (QED) is 0.752. The molecule has 3 N–H and O–H groups in total. The van der Waals surface area contributed by atoms with Crippen LogP contribution in [0.3, 0.4) is 0 Å². The zero-order valence-corrected chi connectivity index (χ0v) is 14.5. The summed E-state index contributed by atoms with van der Waals surface area (Å²) < 4.78 is 13.7. The van der Waals surface area contributed by atoms with Gasteiger partial charge < -0.3 is 10.7 Å². The average Bonchev–Trinajstić information content (AvgIpc) is 3.22. The summed E-state index contributed by atoms with van der Waals surface area (Å²) in [5, 5.41) is 0. The Morgan fingerprint density at radius 1 is 1.36 bits per heavy atom. The summed E-state index contributed by atoms with van der Waals surface area (Å²) in [6.07, 6.45) is 1.09. The molecule has 1 aromatic carbocycles. The Balaban J connectivity index is 1.63. The summed E-state index contributed by atoms with van der Waals surface area (Å²) in [4.78, 5) is 23.1. The largest absolute Gasteiger partial charge is 0.330 e. The van der Waals surface area contributed by atoms with E-state index in [0.29, 0.717) is 35.0 Å². The summed E-state index contributed by atoms with van der Waals surface area (Å²) in [5.41, 5.74) is 7.19. The highest BCUT2D eigenvalue weighted by molar-refractivity contribution is 7.22. The molecule has 0 bridgehead atoms. The number of hydrogen-bond acceptors (Lipinski definition) is 5. The third-order valence-corrected chi connectivity index (χ3v) is 5.81. The number of hydrogen-bond donors (Lipinski definition) is 2. The van der Waals surface area contributed by atoms with Crippen LogP contribution in [0.25, 0.3) is 20.7 Å². The van der Waals surface area contributed by atoms with Crippen molar-refractivity contribution in [2.45, 2.75) is 13.0 Å². The molecule has 25 heavy (non-hydrogen) atoms. The zero-order chi connectivity index (χ0) is 17.4. The number of H-pyrrole nitrogens is 1. The first-order valence-corrected chi connectivity index (χ1v) is 9.15. The maximum absolute atomic E-state index is 13.1. The molecule has 0 spiro atoms. The summed E-state index contributed by atoms with van der Waals surface area (Å²) in [7, 11) is 0. The maximum Gasteiger partial charge on any atom is 0.268 e. The number of thiophene rings is 1. The summed E-state index contributed by atoms with van der Waals surface area (Å²) in [5.74, 6) is 0.935. The molecule has 1 saturated heterocycles. The van der Waals surface area contributed by atoms with Gasteiger partial charge in [0.2, 0.25) is 0 Å². The number of nitrogens with two attached hydrogens (primary N) is 1. The number of likely N-dealkylation sites (tertiary alicyclic amines) is 1. The molecule has 0 amide bonds. The van der Waals surface area contributed by atoms with Crippen LogP contribution < -0.4 is 11.3 Å². The van der Waals surface area contributed by atoms with E-state index < -0.39 is 0 Å². The van der Waals surface area contributed by atoms with Crippen LogP contribution in [0.15, 0.2) is 35.1 Å². The molecule has 0 aliphatic carbocycles. The van der Waals surface area contributed by atoms with Gasteiger partial charge in [-0.15, -0.1) is 11.3 Å². The van der Waals surface area contributed by atoms with E-state index >= 15 is 0 Å². The van der Waals surface area contributed by atoms with Crippen molar-refractivity contribution in [3.63, 3.8) is 0 Å². The topological polar surface area (TPSA) is 75.0 Å². The van der Waals surface area contributed by atoms with E-state index in [1.54, 1.807) is 12.1 Å². The first-order chi connectivity index (χ1) is 12.1. The standard InChI is InChI=1S/C18H19FN4OS/c19-13-3-1-12(2-4-13)15-7-14-17(25-15)18(24)22-16(21-14)10-23-6-5-11(8-20)9-23/h1-4,7,11H,5-6,8-10,20H2,(H,21,22,24). The van der Waals surface area contributed by atoms with Gasteiger partial charge in [-0.05, 0) is 49.2 Å². The Kier molecular flexibility index (Phi) is 4.37. The highest BCUT2D eigenvalue weighted by Gasteiger charge is 2.22. The fraction of sp³-hybridized carbons (Fsp3) is 0.333. The molecule has 4 rings (SSSR count). The fourth-order valence-corrected chi connectivity index (χ4v) is 4.28. The van der Waals surface area contributed by atoms with Gasteiger partial charge in [-0.2, -0.15) is 0 Å². The Morgan fingerprint density at radius 2 is 2.16 bits per heavy atom. The number of aromatic amines is 1. The van der Waals surface area contributed by atoms with E-state index in [1.165, 1.54) is 23.5 Å². The lowest BCUT2D eigenvalue weighted by atomic mass is 10.1. The molecule has 0 radical (unpaired) electrons. The van der Waals surface area contributed by atoms with Crippen molar-refractivity contribution in [3.05, 3.63) is 52.3 Å². The van der Waals surface area contributed by atoms with Crippen molar-refractivity contribution in [2.75, 3.05) is 19.6 Å². The third kappa shape index (κ3) is 3.35. The Labute approximate surface area is 148 Å². The molecule has 3 aromatic rings. The van der Waals surface area contributed by atoms with E-state index in [9.17, 15) is 9.18 Å². The maximum atomic E-state index is 13.1. The molecule has 1 atom stereocenters. The number of fused-ring (bicyclic) bond motifs is 1. The molecule has 1 fully saturated rings. The van der Waals surface area contributed by atoms with Crippen LogP contribution in [0.5, 0.6) is 0 Å². The predicted octanol–water partition coefficient (Wildman–Crippen LogP) is 2.57. The van der Waals surface area contributed by atoms with Crippen molar-refractivity contribution < 1.29 is 4.39 Å². The third-order valence-electron chi connectivity index (χ3n) is 4.64. The molecular formula is C18H19FN4OS. The molecule has 1 unspecified atom stereocenters. The van der Waals surface area contributed by atoms with Gasteiger partial charge in [0.25, 0.3) is 5.56 Å². The highest BCUT2D eigenvalue weighted by Crippen LogP contribution is 2.31. The lowest BCUT2D eigenvalue weighted by Crippen LogP contribution is -2.25. The van der Waals surface area contributed by atoms with E-state index in [0.717, 1.165) is 30.0 Å². The molecule has 7 heteroatoms. The minimum atomic E-state index is -0.274. The normalized spacial score (nSPS) is 18.2. The number of benzene rings is 1. The lowest BCUT2D eigenvalue weighted by molar-refractivity contribution is 0.310. The van der Waals surface area contributed by atoms with Gasteiger partial charge in [-0.25, -0.2) is 9.37 Å². The molecule has 0 saturated carbocycles. The second-order valence-electron chi connectivity index (χ2n) is 6.47. The van der Waals surface area contributed by atoms with Gasteiger partial charge in [0.05, 0.1) is 12.1 Å². The number of halogens is 1. The average molecular weight is 358 g/mol. The summed E-state index contributed by atoms with van der Waals surface area (Å²) in [6.45, 7) is 3.26. The first-order valence-electron chi connectivity index (χ1n) is 8.33. The van der Waals surface area contributed by atoms with Crippen molar-refractivity contribution >= 4 is 21.6 Å². The molecule has 1 aliphatic heterocycles.